The third-order valence-corrected chi connectivity index (χ3v) is 4.09. The van der Waals surface area contributed by atoms with Gasteiger partial charge in [0, 0.05) is 6.08 Å². The van der Waals surface area contributed by atoms with Crippen molar-refractivity contribution in [3.63, 3.8) is 0 Å². The number of aromatic nitrogens is 2. The minimum absolute atomic E-state index is 0.0486. The molecule has 22 heavy (non-hydrogen) atoms. The van der Waals surface area contributed by atoms with E-state index >= 15 is 0 Å². The van der Waals surface area contributed by atoms with E-state index in [1.165, 1.54) is 6.08 Å². The van der Waals surface area contributed by atoms with Gasteiger partial charge in [-0.2, -0.15) is 0 Å². The molecule has 0 radical (unpaired) electrons. The molecule has 0 bridgehead atoms. The highest BCUT2D eigenvalue weighted by Crippen LogP contribution is 2.39. The summed E-state index contributed by atoms with van der Waals surface area (Å²) in [4.78, 5) is 20.8. The molecule has 1 amide bonds. The molecule has 1 aromatic carbocycles. The molecule has 5 nitrogen and oxygen atoms in total. The molecule has 0 aliphatic heterocycles. The molecule has 3 rings (SSSR count). The molecule has 1 aliphatic rings. The molecule has 0 spiro atoms. The minimum atomic E-state index is -0.531. The van der Waals surface area contributed by atoms with Gasteiger partial charge in [-0.25, -0.2) is 4.98 Å². The Hall–Kier alpha value is -2.27. The Labute approximate surface area is 129 Å². The first-order valence-corrected chi connectivity index (χ1v) is 7.43. The smallest absolute Gasteiger partial charge is 0.244 e. The number of fused-ring (bicyclic) bond motifs is 1. The van der Waals surface area contributed by atoms with Crippen molar-refractivity contribution in [1.29, 1.82) is 0 Å². The number of benzene rings is 1. The van der Waals surface area contributed by atoms with Gasteiger partial charge in [-0.05, 0) is 43.9 Å². The van der Waals surface area contributed by atoms with Gasteiger partial charge in [-0.15, -0.1) is 0 Å². The average Bonchev–Trinajstić information content (AvgIpc) is 3.38. The molecule has 1 fully saturated rings. The summed E-state index contributed by atoms with van der Waals surface area (Å²) in [7, 11) is 0. The number of aliphatic hydroxyl groups excluding tert-OH is 1. The number of rotatable bonds is 5. The Morgan fingerprint density at radius 3 is 2.82 bits per heavy atom. The van der Waals surface area contributed by atoms with Crippen molar-refractivity contribution in [2.45, 2.75) is 25.3 Å². The maximum Gasteiger partial charge on any atom is 0.244 e. The number of para-hydroxylation sites is 2. The third kappa shape index (κ3) is 3.14. The van der Waals surface area contributed by atoms with E-state index in [-0.39, 0.29) is 12.5 Å². The van der Waals surface area contributed by atoms with E-state index in [9.17, 15) is 9.90 Å². The molecular formula is C17H19N3O2. The van der Waals surface area contributed by atoms with Crippen molar-refractivity contribution >= 4 is 23.0 Å². The first-order chi connectivity index (χ1) is 10.6. The summed E-state index contributed by atoms with van der Waals surface area (Å²) >= 11 is 0. The number of nitrogens with zero attached hydrogens (tertiary/aromatic N) is 2. The van der Waals surface area contributed by atoms with Gasteiger partial charge in [0.15, 0.2) is 0 Å². The summed E-state index contributed by atoms with van der Waals surface area (Å²) in [5, 5.41) is 12.4. The molecule has 5 heteroatoms. The van der Waals surface area contributed by atoms with Gasteiger partial charge in [0.25, 0.3) is 0 Å². The lowest BCUT2D eigenvalue weighted by Gasteiger charge is -2.28. The molecule has 1 unspecified atom stereocenters. The van der Waals surface area contributed by atoms with Crippen molar-refractivity contribution in [3.05, 3.63) is 42.2 Å². The molecule has 1 aromatic heterocycles. The van der Waals surface area contributed by atoms with Crippen LogP contribution < -0.4 is 5.32 Å². The van der Waals surface area contributed by atoms with Crippen LogP contribution in [0.5, 0.6) is 0 Å². The molecule has 0 saturated heterocycles. The molecule has 2 aromatic rings. The molecule has 1 atom stereocenters. The van der Waals surface area contributed by atoms with E-state index < -0.39 is 5.54 Å². The Morgan fingerprint density at radius 1 is 1.41 bits per heavy atom. The zero-order valence-corrected chi connectivity index (χ0v) is 12.5. The molecule has 114 valence electrons. The SMILES string of the molecule is CC(CO)(NC(=O)/C=C/c1cnc2ccccc2n1)C1CC1. The number of hydrogen-bond acceptors (Lipinski definition) is 4. The molecular weight excluding hydrogens is 278 g/mol. The summed E-state index contributed by atoms with van der Waals surface area (Å²) < 4.78 is 0. The predicted molar refractivity (Wildman–Crippen MR) is 84.9 cm³/mol. The van der Waals surface area contributed by atoms with Crippen LogP contribution in [0.4, 0.5) is 0 Å². The summed E-state index contributed by atoms with van der Waals surface area (Å²) in [6.45, 7) is 1.83. The highest BCUT2D eigenvalue weighted by atomic mass is 16.3. The third-order valence-electron chi connectivity index (χ3n) is 4.09. The van der Waals surface area contributed by atoms with E-state index in [4.69, 9.17) is 0 Å². The van der Waals surface area contributed by atoms with Crippen LogP contribution in [0.15, 0.2) is 36.5 Å². The van der Waals surface area contributed by atoms with Crippen LogP contribution in [0.1, 0.15) is 25.5 Å². The summed E-state index contributed by atoms with van der Waals surface area (Å²) in [6.07, 6.45) is 6.82. The molecule has 2 N–H and O–H groups in total. The fourth-order valence-electron chi connectivity index (χ4n) is 2.53. The van der Waals surface area contributed by atoms with E-state index in [0.717, 1.165) is 23.9 Å². The van der Waals surface area contributed by atoms with Crippen LogP contribution >= 0.6 is 0 Å². The zero-order valence-electron chi connectivity index (χ0n) is 12.5. The average molecular weight is 297 g/mol. The lowest BCUT2D eigenvalue weighted by atomic mass is 9.97. The van der Waals surface area contributed by atoms with E-state index in [0.29, 0.717) is 11.6 Å². The molecule has 1 saturated carbocycles. The van der Waals surface area contributed by atoms with E-state index in [2.05, 4.69) is 15.3 Å². The fraction of sp³-hybridized carbons (Fsp3) is 0.353. The maximum atomic E-state index is 12.0. The van der Waals surface area contributed by atoms with Crippen LogP contribution in [-0.4, -0.2) is 33.1 Å². The summed E-state index contributed by atoms with van der Waals surface area (Å²) in [5.41, 5.74) is 1.72. The Bertz CT molecular complexity index is 725. The fourth-order valence-corrected chi connectivity index (χ4v) is 2.53. The Balaban J connectivity index is 1.70. The maximum absolute atomic E-state index is 12.0. The normalized spacial score (nSPS) is 17.5. The second kappa shape index (κ2) is 5.85. The standard InChI is InChI=1S/C17H19N3O2/c1-17(11-21,12-6-7-12)20-16(22)9-8-13-10-18-14-4-2-3-5-15(14)19-13/h2-5,8-10,12,21H,6-7,11H2,1H3,(H,20,22)/b9-8+. The topological polar surface area (TPSA) is 75.1 Å². The minimum Gasteiger partial charge on any atom is -0.394 e. The van der Waals surface area contributed by atoms with Crippen LogP contribution in [0.2, 0.25) is 0 Å². The van der Waals surface area contributed by atoms with Gasteiger partial charge < -0.3 is 10.4 Å². The lowest BCUT2D eigenvalue weighted by molar-refractivity contribution is -0.119. The van der Waals surface area contributed by atoms with Crippen LogP contribution in [0, 0.1) is 5.92 Å². The van der Waals surface area contributed by atoms with Gasteiger partial charge in [0.05, 0.1) is 35.1 Å². The van der Waals surface area contributed by atoms with Gasteiger partial charge in [0.2, 0.25) is 5.91 Å². The van der Waals surface area contributed by atoms with Gasteiger partial charge in [-0.1, -0.05) is 12.1 Å². The number of hydrogen-bond donors (Lipinski definition) is 2. The van der Waals surface area contributed by atoms with Crippen molar-refractivity contribution < 1.29 is 9.90 Å². The van der Waals surface area contributed by atoms with Crippen molar-refractivity contribution in [3.8, 4) is 0 Å². The van der Waals surface area contributed by atoms with Crippen molar-refractivity contribution in [1.82, 2.24) is 15.3 Å². The number of amides is 1. The van der Waals surface area contributed by atoms with Gasteiger partial charge >= 0.3 is 0 Å². The number of carbonyl (C=O) groups is 1. The van der Waals surface area contributed by atoms with Gasteiger partial charge in [-0.3, -0.25) is 9.78 Å². The Morgan fingerprint density at radius 2 is 2.14 bits per heavy atom. The summed E-state index contributed by atoms with van der Waals surface area (Å²) in [6, 6.07) is 7.59. The number of aliphatic hydroxyl groups is 1. The second-order valence-electron chi connectivity index (χ2n) is 5.96. The molecule has 1 heterocycles. The van der Waals surface area contributed by atoms with Crippen LogP contribution in [-0.2, 0) is 4.79 Å². The van der Waals surface area contributed by atoms with Crippen molar-refractivity contribution in [2.24, 2.45) is 5.92 Å². The number of nitrogens with one attached hydrogen (secondary N) is 1. The largest absolute Gasteiger partial charge is 0.394 e. The monoisotopic (exact) mass is 297 g/mol. The lowest BCUT2D eigenvalue weighted by Crippen LogP contribution is -2.50. The quantitative estimate of drug-likeness (QED) is 0.827. The van der Waals surface area contributed by atoms with Crippen LogP contribution in [0.3, 0.4) is 0 Å². The zero-order chi connectivity index (χ0) is 15.6. The highest BCUT2D eigenvalue weighted by Gasteiger charge is 2.41. The molecule has 1 aliphatic carbocycles. The van der Waals surface area contributed by atoms with Crippen LogP contribution in [0.25, 0.3) is 17.1 Å². The number of carbonyl (C=O) groups excluding carboxylic acids is 1. The van der Waals surface area contributed by atoms with Gasteiger partial charge in [0.1, 0.15) is 0 Å². The van der Waals surface area contributed by atoms with Crippen molar-refractivity contribution in [2.75, 3.05) is 6.61 Å². The first-order valence-electron chi connectivity index (χ1n) is 7.43. The van der Waals surface area contributed by atoms with E-state index in [1.807, 2.05) is 31.2 Å². The summed E-state index contributed by atoms with van der Waals surface area (Å²) in [5.74, 6) is 0.147. The highest BCUT2D eigenvalue weighted by molar-refractivity contribution is 5.92. The Kier molecular flexibility index (Phi) is 3.90. The first kappa shape index (κ1) is 14.7. The predicted octanol–water partition coefficient (Wildman–Crippen LogP) is 1.92. The second-order valence-corrected chi connectivity index (χ2v) is 5.96. The van der Waals surface area contributed by atoms with E-state index in [1.54, 1.807) is 12.3 Å².